The molecule has 1 amide bonds. The molecule has 2 aliphatic carbocycles. The second-order valence-electron chi connectivity index (χ2n) is 7.17. The maximum Gasteiger partial charge on any atom is 0.310 e. The largest absolute Gasteiger partial charge is 0.512 e. The van der Waals surface area contributed by atoms with Crippen molar-refractivity contribution in [3.8, 4) is 0 Å². The summed E-state index contributed by atoms with van der Waals surface area (Å²) >= 11 is 0. The zero-order valence-electron chi connectivity index (χ0n) is 14.4. The molecule has 3 rings (SSSR count). The van der Waals surface area contributed by atoms with Crippen LogP contribution in [0.4, 0.5) is 0 Å². The maximum atomic E-state index is 12.9. The number of amides is 1. The number of carboxylic acids is 1. The molecule has 0 aromatic rings. The molecule has 0 radical (unpaired) electrons. The number of hydrogen-bond acceptors (Lipinski definition) is 4. The van der Waals surface area contributed by atoms with Gasteiger partial charge in [-0.25, -0.2) is 0 Å². The van der Waals surface area contributed by atoms with Crippen molar-refractivity contribution in [2.45, 2.75) is 32.8 Å². The van der Waals surface area contributed by atoms with Crippen molar-refractivity contribution < 1.29 is 24.9 Å². The van der Waals surface area contributed by atoms with Gasteiger partial charge in [0.1, 0.15) is 0 Å². The smallest absolute Gasteiger partial charge is 0.310 e. The van der Waals surface area contributed by atoms with E-state index in [-0.39, 0.29) is 24.0 Å². The zero-order valence-corrected chi connectivity index (χ0v) is 14.4. The molecule has 3 N–H and O–H groups in total. The molecule has 0 aromatic carbocycles. The molecule has 6 heteroatoms. The van der Waals surface area contributed by atoms with Gasteiger partial charge >= 0.3 is 5.97 Å². The number of hydrogen-bond donors (Lipinski definition) is 3. The maximum absolute atomic E-state index is 12.9. The van der Waals surface area contributed by atoms with Crippen LogP contribution in [0.1, 0.15) is 26.7 Å². The molecule has 1 aliphatic heterocycles. The van der Waals surface area contributed by atoms with Crippen molar-refractivity contribution in [1.29, 1.82) is 0 Å². The molecule has 0 fully saturated rings. The Bertz CT molecular complexity index is 741. The molecule has 0 spiro atoms. The van der Waals surface area contributed by atoms with Gasteiger partial charge in [-0.3, -0.25) is 9.59 Å². The van der Waals surface area contributed by atoms with E-state index in [0.29, 0.717) is 30.7 Å². The van der Waals surface area contributed by atoms with Gasteiger partial charge in [0.2, 0.25) is 0 Å². The minimum atomic E-state index is -1.02. The Labute approximate surface area is 146 Å². The highest BCUT2D eigenvalue weighted by Crippen LogP contribution is 2.33. The van der Waals surface area contributed by atoms with Crippen molar-refractivity contribution in [3.05, 3.63) is 46.3 Å². The topological polar surface area (TPSA) is 98.1 Å². The predicted octanol–water partition coefficient (Wildman–Crippen LogP) is 1.95. The summed E-state index contributed by atoms with van der Waals surface area (Å²) in [5.41, 5.74) is 2.92. The van der Waals surface area contributed by atoms with Crippen molar-refractivity contribution >= 4 is 11.9 Å². The number of carbonyl (C=O) groups is 2. The highest BCUT2D eigenvalue weighted by Gasteiger charge is 2.34. The number of aliphatic carboxylic acids is 1. The van der Waals surface area contributed by atoms with E-state index in [0.717, 1.165) is 11.1 Å². The Kier molecular flexibility index (Phi) is 4.56. The van der Waals surface area contributed by atoms with Crippen molar-refractivity contribution in [1.82, 2.24) is 4.90 Å². The van der Waals surface area contributed by atoms with Crippen LogP contribution in [-0.4, -0.2) is 51.3 Å². The van der Waals surface area contributed by atoms with Crippen LogP contribution < -0.4 is 0 Å². The summed E-state index contributed by atoms with van der Waals surface area (Å²) in [4.78, 5) is 25.7. The lowest BCUT2D eigenvalue weighted by Gasteiger charge is -2.26. The van der Waals surface area contributed by atoms with Crippen LogP contribution in [0.3, 0.4) is 0 Å². The number of carboxylic acid groups (broad SMARTS) is 1. The summed E-state index contributed by atoms with van der Waals surface area (Å²) in [6.07, 6.45) is 4.51. The second kappa shape index (κ2) is 6.52. The Morgan fingerprint density at radius 3 is 2.60 bits per heavy atom. The number of rotatable bonds is 3. The third kappa shape index (κ3) is 3.26. The number of nitrogens with zero attached hydrogens (tertiary/aromatic N) is 1. The normalized spacial score (nSPS) is 26.2. The lowest BCUT2D eigenvalue weighted by atomic mass is 9.89. The quantitative estimate of drug-likeness (QED) is 0.726. The van der Waals surface area contributed by atoms with Crippen LogP contribution in [0.5, 0.6) is 0 Å². The van der Waals surface area contributed by atoms with Crippen LogP contribution in [0.2, 0.25) is 0 Å². The van der Waals surface area contributed by atoms with E-state index >= 15 is 0 Å². The fourth-order valence-electron chi connectivity index (χ4n) is 3.60. The molecule has 3 aliphatic rings. The minimum Gasteiger partial charge on any atom is -0.512 e. The number of aliphatic hydroxyl groups excluding tert-OH is 2. The number of aliphatic hydroxyl groups is 2. The molecular formula is C19H23NO5. The first-order chi connectivity index (χ1) is 11.8. The molecule has 2 atom stereocenters. The van der Waals surface area contributed by atoms with E-state index in [2.05, 4.69) is 0 Å². The van der Waals surface area contributed by atoms with Crippen LogP contribution >= 0.6 is 0 Å². The summed E-state index contributed by atoms with van der Waals surface area (Å²) in [6, 6.07) is 0. The predicted molar refractivity (Wildman–Crippen MR) is 91.7 cm³/mol. The average Bonchev–Trinajstić information content (AvgIpc) is 2.96. The number of carbonyl (C=O) groups excluding carboxylic acids is 1. The number of allylic oxidation sites excluding steroid dienone is 2. The highest BCUT2D eigenvalue weighted by atomic mass is 16.4. The molecule has 2 unspecified atom stereocenters. The summed E-state index contributed by atoms with van der Waals surface area (Å²) in [6.45, 7) is 4.66. The van der Waals surface area contributed by atoms with Crippen LogP contribution in [-0.2, 0) is 9.59 Å². The monoisotopic (exact) mass is 345 g/mol. The summed E-state index contributed by atoms with van der Waals surface area (Å²) < 4.78 is 0. The van der Waals surface area contributed by atoms with Crippen molar-refractivity contribution in [2.75, 3.05) is 13.1 Å². The second-order valence-corrected chi connectivity index (χ2v) is 7.17. The van der Waals surface area contributed by atoms with E-state index in [1.165, 1.54) is 0 Å². The third-order valence-corrected chi connectivity index (χ3v) is 5.06. The minimum absolute atomic E-state index is 0.0487. The molecule has 0 bridgehead atoms. The first-order valence-corrected chi connectivity index (χ1v) is 8.50. The van der Waals surface area contributed by atoms with Crippen LogP contribution in [0, 0.1) is 11.8 Å². The Hall–Kier alpha value is -2.34. The van der Waals surface area contributed by atoms with Crippen LogP contribution in [0.15, 0.2) is 46.3 Å². The summed E-state index contributed by atoms with van der Waals surface area (Å²) in [7, 11) is 0. The Morgan fingerprint density at radius 2 is 1.96 bits per heavy atom. The summed E-state index contributed by atoms with van der Waals surface area (Å²) in [5, 5.41) is 29.4. The lowest BCUT2D eigenvalue weighted by molar-refractivity contribution is -0.140. The average molecular weight is 345 g/mol. The van der Waals surface area contributed by atoms with Crippen molar-refractivity contribution in [3.63, 3.8) is 0 Å². The van der Waals surface area contributed by atoms with Gasteiger partial charge in [-0.2, -0.15) is 0 Å². The first kappa shape index (κ1) is 17.5. The van der Waals surface area contributed by atoms with Gasteiger partial charge < -0.3 is 20.2 Å². The molecule has 25 heavy (non-hydrogen) atoms. The molecule has 134 valence electrons. The molecule has 0 aromatic heterocycles. The van der Waals surface area contributed by atoms with Crippen molar-refractivity contribution in [2.24, 2.45) is 11.8 Å². The Morgan fingerprint density at radius 1 is 1.24 bits per heavy atom. The molecule has 0 saturated heterocycles. The van der Waals surface area contributed by atoms with Gasteiger partial charge in [0.05, 0.1) is 17.8 Å². The fourth-order valence-corrected chi connectivity index (χ4v) is 3.60. The van der Waals surface area contributed by atoms with Gasteiger partial charge in [-0.1, -0.05) is 26.0 Å². The van der Waals surface area contributed by atoms with E-state index in [1.54, 1.807) is 23.1 Å². The molecule has 6 nitrogen and oxygen atoms in total. The zero-order chi connectivity index (χ0) is 18.3. The van der Waals surface area contributed by atoms with Gasteiger partial charge in [0.15, 0.2) is 0 Å². The van der Waals surface area contributed by atoms with E-state index in [4.69, 9.17) is 5.11 Å². The molecular weight excluding hydrogens is 322 g/mol. The van der Waals surface area contributed by atoms with Crippen LogP contribution in [0.25, 0.3) is 0 Å². The third-order valence-electron chi connectivity index (χ3n) is 5.06. The SMILES string of the molecule is CC(C)C1=C(O)CC(O)C(C(=O)N2CC3=C(CC(C(=O)O)C=C3)C2)=C1. The first-order valence-electron chi connectivity index (χ1n) is 8.50. The van der Waals surface area contributed by atoms with Gasteiger partial charge in [0, 0.05) is 25.1 Å². The Balaban J connectivity index is 1.77. The van der Waals surface area contributed by atoms with E-state index in [1.807, 2.05) is 13.8 Å². The summed E-state index contributed by atoms with van der Waals surface area (Å²) in [5.74, 6) is -1.47. The van der Waals surface area contributed by atoms with Gasteiger partial charge in [0.25, 0.3) is 5.91 Å². The van der Waals surface area contributed by atoms with E-state index in [9.17, 15) is 19.8 Å². The highest BCUT2D eigenvalue weighted by molar-refractivity contribution is 5.96. The van der Waals surface area contributed by atoms with Gasteiger partial charge in [-0.05, 0) is 35.1 Å². The van der Waals surface area contributed by atoms with Gasteiger partial charge in [-0.15, -0.1) is 0 Å². The standard InChI is InChI=1S/C19H23NO5/c1-10(2)14-6-15(17(22)7-16(14)21)18(23)20-8-12-4-3-11(19(24)25)5-13(12)9-20/h3-4,6,10-11,17,21-22H,5,7-9H2,1-2H3,(H,24,25). The molecule has 0 saturated carbocycles. The fraction of sp³-hybridized carbons (Fsp3) is 0.474. The van der Waals surface area contributed by atoms with E-state index < -0.39 is 18.0 Å². The molecule has 1 heterocycles. The lowest BCUT2D eigenvalue weighted by Crippen LogP contribution is -2.36.